The molecule has 1 aromatic heterocycles. The van der Waals surface area contributed by atoms with Gasteiger partial charge in [0.15, 0.2) is 0 Å². The first-order valence-electron chi connectivity index (χ1n) is 9.46. The second-order valence-corrected chi connectivity index (χ2v) is 6.88. The van der Waals surface area contributed by atoms with Gasteiger partial charge in [-0.2, -0.15) is 5.10 Å². The molecule has 3 aromatic carbocycles. The zero-order chi connectivity index (χ0) is 18.9. The number of ether oxygens (including phenoxy) is 1. The van der Waals surface area contributed by atoms with Crippen molar-refractivity contribution in [1.29, 1.82) is 0 Å². The van der Waals surface area contributed by atoms with E-state index in [-0.39, 0.29) is 6.61 Å². The Labute approximate surface area is 163 Å². The molecule has 138 valence electrons. The Kier molecular flexibility index (Phi) is 4.18. The topological polar surface area (TPSA) is 47.3 Å². The molecule has 0 atom stereocenters. The van der Waals surface area contributed by atoms with E-state index in [2.05, 4.69) is 12.1 Å². The van der Waals surface area contributed by atoms with Crippen molar-refractivity contribution in [1.82, 2.24) is 9.78 Å². The van der Waals surface area contributed by atoms with Crippen LogP contribution in [0.25, 0.3) is 22.4 Å². The normalized spacial score (nSPS) is 11.8. The number of fused-ring (bicyclic) bond motifs is 5. The minimum absolute atomic E-state index is 0.0758. The average Bonchev–Trinajstić information content (AvgIpc) is 3.05. The highest BCUT2D eigenvalue weighted by molar-refractivity contribution is 5.89. The third-order valence-electron chi connectivity index (χ3n) is 5.18. The van der Waals surface area contributed by atoms with E-state index >= 15 is 0 Å². The number of hydrogen-bond donors (Lipinski definition) is 1. The molecule has 5 rings (SSSR count). The lowest BCUT2D eigenvalue weighted by molar-refractivity contribution is 0.268. The van der Waals surface area contributed by atoms with Crippen LogP contribution in [0.2, 0.25) is 0 Å². The summed E-state index contributed by atoms with van der Waals surface area (Å²) in [7, 11) is 0. The number of para-hydroxylation sites is 2. The Bertz CT molecular complexity index is 1130. The van der Waals surface area contributed by atoms with Crippen LogP contribution < -0.4 is 4.74 Å². The van der Waals surface area contributed by atoms with Gasteiger partial charge in [0.05, 0.1) is 12.3 Å². The van der Waals surface area contributed by atoms with Gasteiger partial charge in [-0.05, 0) is 30.2 Å². The molecule has 0 aliphatic carbocycles. The molecule has 4 nitrogen and oxygen atoms in total. The molecule has 2 heterocycles. The van der Waals surface area contributed by atoms with Crippen LogP contribution >= 0.6 is 0 Å². The number of benzene rings is 3. The quantitative estimate of drug-likeness (QED) is 0.482. The first-order valence-corrected chi connectivity index (χ1v) is 9.46. The molecule has 0 unspecified atom stereocenters. The van der Waals surface area contributed by atoms with Crippen LogP contribution in [0.3, 0.4) is 0 Å². The first kappa shape index (κ1) is 16.8. The van der Waals surface area contributed by atoms with Crippen LogP contribution in [0.5, 0.6) is 11.5 Å². The standard InChI is InChI=1S/C24H20N2O2/c27-16-20-23-18-10-4-6-12-21(18)28-22-13-7-5-11-19(22)24(23)25-26(20)15-14-17-8-2-1-3-9-17/h1-13,27H,14-16H2. The molecular formula is C24H20N2O2. The number of nitrogens with zero attached hydrogens (tertiary/aromatic N) is 2. The molecule has 0 bridgehead atoms. The lowest BCUT2D eigenvalue weighted by Gasteiger charge is -2.11. The molecule has 0 fully saturated rings. The van der Waals surface area contributed by atoms with Crippen LogP contribution in [-0.4, -0.2) is 14.9 Å². The molecule has 0 spiro atoms. The Morgan fingerprint density at radius 3 is 2.18 bits per heavy atom. The maximum absolute atomic E-state index is 10.2. The predicted molar refractivity (Wildman–Crippen MR) is 109 cm³/mol. The van der Waals surface area contributed by atoms with E-state index in [0.717, 1.165) is 46.0 Å². The van der Waals surface area contributed by atoms with Crippen molar-refractivity contribution in [3.05, 3.63) is 90.1 Å². The Hall–Kier alpha value is -3.37. The summed E-state index contributed by atoms with van der Waals surface area (Å²) in [6.45, 7) is 0.631. The van der Waals surface area contributed by atoms with Crippen molar-refractivity contribution < 1.29 is 9.84 Å². The summed E-state index contributed by atoms with van der Waals surface area (Å²) >= 11 is 0. The number of aliphatic hydroxyl groups is 1. The summed E-state index contributed by atoms with van der Waals surface area (Å²) in [6.07, 6.45) is 0.855. The molecule has 28 heavy (non-hydrogen) atoms. The SMILES string of the molecule is OCc1c2c(nn1CCc1ccccc1)-c1ccccc1Oc1ccccc1-2. The molecule has 0 amide bonds. The molecule has 0 saturated heterocycles. The minimum atomic E-state index is -0.0758. The van der Waals surface area contributed by atoms with Crippen LogP contribution in [0.15, 0.2) is 78.9 Å². The summed E-state index contributed by atoms with van der Waals surface area (Å²) in [6, 6.07) is 26.2. The third kappa shape index (κ3) is 2.79. The number of rotatable bonds is 4. The highest BCUT2D eigenvalue weighted by Gasteiger charge is 2.27. The monoisotopic (exact) mass is 368 g/mol. The fourth-order valence-electron chi connectivity index (χ4n) is 3.83. The lowest BCUT2D eigenvalue weighted by Crippen LogP contribution is -2.08. The maximum atomic E-state index is 10.2. The highest BCUT2D eigenvalue weighted by atomic mass is 16.5. The Balaban J connectivity index is 1.67. The number of aromatic nitrogens is 2. The van der Waals surface area contributed by atoms with Crippen LogP contribution in [0.4, 0.5) is 0 Å². The maximum Gasteiger partial charge on any atom is 0.136 e. The van der Waals surface area contributed by atoms with E-state index < -0.39 is 0 Å². The van der Waals surface area contributed by atoms with Crippen molar-refractivity contribution >= 4 is 0 Å². The summed E-state index contributed by atoms with van der Waals surface area (Å²) < 4.78 is 8.12. The smallest absolute Gasteiger partial charge is 0.136 e. The largest absolute Gasteiger partial charge is 0.456 e. The second-order valence-electron chi connectivity index (χ2n) is 6.88. The van der Waals surface area contributed by atoms with Crippen LogP contribution in [-0.2, 0) is 19.6 Å². The van der Waals surface area contributed by atoms with Crippen molar-refractivity contribution in [3.8, 4) is 33.9 Å². The third-order valence-corrected chi connectivity index (χ3v) is 5.18. The van der Waals surface area contributed by atoms with Gasteiger partial charge in [0.2, 0.25) is 0 Å². The number of hydrogen-bond acceptors (Lipinski definition) is 3. The first-order chi connectivity index (χ1) is 13.8. The predicted octanol–water partition coefficient (Wildman–Crippen LogP) is 5.06. The van der Waals surface area contributed by atoms with Gasteiger partial charge in [-0.3, -0.25) is 4.68 Å². The van der Waals surface area contributed by atoms with Crippen molar-refractivity contribution in [2.45, 2.75) is 19.6 Å². The Morgan fingerprint density at radius 2 is 1.43 bits per heavy atom. The molecule has 4 aromatic rings. The summed E-state index contributed by atoms with van der Waals surface area (Å²) in [5.41, 5.74) is 5.79. The van der Waals surface area contributed by atoms with Crippen molar-refractivity contribution in [2.24, 2.45) is 0 Å². The van der Waals surface area contributed by atoms with E-state index in [1.165, 1.54) is 5.56 Å². The molecule has 1 aliphatic rings. The Morgan fingerprint density at radius 1 is 0.786 bits per heavy atom. The zero-order valence-corrected chi connectivity index (χ0v) is 15.4. The molecule has 4 heteroatoms. The van der Waals surface area contributed by atoms with Gasteiger partial charge >= 0.3 is 0 Å². The summed E-state index contributed by atoms with van der Waals surface area (Å²) in [5, 5.41) is 15.1. The van der Waals surface area contributed by atoms with E-state index in [0.29, 0.717) is 6.54 Å². The average molecular weight is 368 g/mol. The van der Waals surface area contributed by atoms with E-state index in [1.54, 1.807) is 0 Å². The lowest BCUT2D eigenvalue weighted by atomic mass is 9.99. The van der Waals surface area contributed by atoms with Gasteiger partial charge < -0.3 is 9.84 Å². The molecular weight excluding hydrogens is 348 g/mol. The van der Waals surface area contributed by atoms with Gasteiger partial charge in [-0.15, -0.1) is 0 Å². The van der Waals surface area contributed by atoms with Gasteiger partial charge in [-0.25, -0.2) is 0 Å². The summed E-state index contributed by atoms with van der Waals surface area (Å²) in [5.74, 6) is 1.57. The van der Waals surface area contributed by atoms with Crippen molar-refractivity contribution in [2.75, 3.05) is 0 Å². The molecule has 1 N–H and O–H groups in total. The molecule has 0 saturated carbocycles. The highest BCUT2D eigenvalue weighted by Crippen LogP contribution is 2.47. The zero-order valence-electron chi connectivity index (χ0n) is 15.4. The van der Waals surface area contributed by atoms with Crippen molar-refractivity contribution in [3.63, 3.8) is 0 Å². The van der Waals surface area contributed by atoms with Crippen LogP contribution in [0, 0.1) is 0 Å². The van der Waals surface area contributed by atoms with E-state index in [4.69, 9.17) is 9.84 Å². The van der Waals surface area contributed by atoms with Gasteiger partial charge in [-0.1, -0.05) is 60.7 Å². The van der Waals surface area contributed by atoms with Gasteiger partial charge in [0, 0.05) is 23.2 Å². The molecule has 1 aliphatic heterocycles. The fraction of sp³-hybridized carbons (Fsp3) is 0.125. The summed E-state index contributed by atoms with van der Waals surface area (Å²) in [4.78, 5) is 0. The number of aryl methyl sites for hydroxylation is 2. The fourth-order valence-corrected chi connectivity index (χ4v) is 3.83. The van der Waals surface area contributed by atoms with Crippen LogP contribution in [0.1, 0.15) is 11.3 Å². The van der Waals surface area contributed by atoms with E-state index in [9.17, 15) is 5.11 Å². The second kappa shape index (κ2) is 6.98. The minimum Gasteiger partial charge on any atom is -0.456 e. The molecule has 0 radical (unpaired) electrons. The van der Waals surface area contributed by atoms with Gasteiger partial charge in [0.1, 0.15) is 17.2 Å². The van der Waals surface area contributed by atoms with E-state index in [1.807, 2.05) is 71.4 Å². The number of aliphatic hydroxyl groups excluding tert-OH is 1. The van der Waals surface area contributed by atoms with Gasteiger partial charge in [0.25, 0.3) is 0 Å².